The number of thioether (sulfide) groups is 1. The number of hydrogen-bond donors (Lipinski definition) is 0. The van der Waals surface area contributed by atoms with Crippen LogP contribution in [0, 0.1) is 6.92 Å². The van der Waals surface area contributed by atoms with Gasteiger partial charge in [0.1, 0.15) is 0 Å². The zero-order valence-electron chi connectivity index (χ0n) is 16.8. The summed E-state index contributed by atoms with van der Waals surface area (Å²) in [4.78, 5) is 26.4. The molecular weight excluding hydrogens is 422 g/mol. The molecule has 0 aromatic heterocycles. The summed E-state index contributed by atoms with van der Waals surface area (Å²) in [6.45, 7) is 4.00. The fraction of sp³-hybridized carbons (Fsp3) is 0.227. The van der Waals surface area contributed by atoms with Crippen molar-refractivity contribution in [2.24, 2.45) is 0 Å². The van der Waals surface area contributed by atoms with Crippen molar-refractivity contribution in [1.29, 1.82) is 0 Å². The molecule has 1 amide bonds. The number of para-hydroxylation sites is 1. The number of ether oxygens (including phenoxy) is 3. The van der Waals surface area contributed by atoms with Crippen molar-refractivity contribution in [3.63, 3.8) is 0 Å². The molecule has 0 radical (unpaired) electrons. The van der Waals surface area contributed by atoms with Crippen LogP contribution in [0.4, 0.5) is 5.69 Å². The van der Waals surface area contributed by atoms with Gasteiger partial charge in [0.2, 0.25) is 0 Å². The first-order valence-electron chi connectivity index (χ1n) is 9.24. The maximum Gasteiger partial charge on any atom is 0.343 e. The van der Waals surface area contributed by atoms with E-state index in [1.807, 2.05) is 38.1 Å². The summed E-state index contributed by atoms with van der Waals surface area (Å²) < 4.78 is 16.2. The molecule has 1 saturated heterocycles. The van der Waals surface area contributed by atoms with Crippen LogP contribution in [0.15, 0.2) is 47.4 Å². The van der Waals surface area contributed by atoms with Gasteiger partial charge in [-0.05, 0) is 49.2 Å². The minimum absolute atomic E-state index is 0.164. The number of methoxy groups -OCH3 is 1. The third-order valence-corrected chi connectivity index (χ3v) is 5.59. The van der Waals surface area contributed by atoms with Gasteiger partial charge in [-0.15, -0.1) is 0 Å². The van der Waals surface area contributed by atoms with E-state index in [0.29, 0.717) is 27.3 Å². The number of esters is 1. The second kappa shape index (κ2) is 9.77. The Morgan fingerprint density at radius 3 is 2.63 bits per heavy atom. The van der Waals surface area contributed by atoms with Crippen molar-refractivity contribution in [1.82, 2.24) is 0 Å². The molecule has 0 bridgehead atoms. The second-order valence-electron chi connectivity index (χ2n) is 6.31. The van der Waals surface area contributed by atoms with Gasteiger partial charge in [-0.25, -0.2) is 4.79 Å². The Balaban J connectivity index is 1.86. The number of anilines is 1. The fourth-order valence-electron chi connectivity index (χ4n) is 2.84. The normalized spacial score (nSPS) is 14.9. The van der Waals surface area contributed by atoms with Crippen LogP contribution in [0.3, 0.4) is 0 Å². The van der Waals surface area contributed by atoms with Gasteiger partial charge in [0.25, 0.3) is 5.91 Å². The lowest BCUT2D eigenvalue weighted by atomic mass is 10.1. The number of carbonyl (C=O) groups excluding carboxylic acids is 2. The predicted octanol–water partition coefficient (Wildman–Crippen LogP) is 4.35. The van der Waals surface area contributed by atoms with Crippen LogP contribution in [0.2, 0.25) is 0 Å². The van der Waals surface area contributed by atoms with Gasteiger partial charge < -0.3 is 14.2 Å². The number of nitrogens with zero attached hydrogens (tertiary/aromatic N) is 1. The summed E-state index contributed by atoms with van der Waals surface area (Å²) >= 11 is 6.71. The minimum Gasteiger partial charge on any atom is -0.490 e. The Morgan fingerprint density at radius 1 is 1.17 bits per heavy atom. The predicted molar refractivity (Wildman–Crippen MR) is 122 cm³/mol. The molecule has 2 aromatic carbocycles. The third kappa shape index (κ3) is 4.83. The van der Waals surface area contributed by atoms with Crippen LogP contribution in [0.1, 0.15) is 18.1 Å². The zero-order chi connectivity index (χ0) is 21.7. The number of amides is 1. The van der Waals surface area contributed by atoms with Gasteiger partial charge in [-0.1, -0.05) is 48.2 Å². The lowest BCUT2D eigenvalue weighted by Crippen LogP contribution is -2.28. The first kappa shape index (κ1) is 21.9. The molecule has 0 unspecified atom stereocenters. The molecule has 1 heterocycles. The van der Waals surface area contributed by atoms with E-state index in [-0.39, 0.29) is 12.5 Å². The molecule has 156 valence electrons. The highest BCUT2D eigenvalue weighted by atomic mass is 32.2. The molecule has 2 aromatic rings. The average Bonchev–Trinajstić information content (AvgIpc) is 3.01. The van der Waals surface area contributed by atoms with Crippen molar-refractivity contribution in [2.75, 3.05) is 25.2 Å². The molecule has 30 heavy (non-hydrogen) atoms. The summed E-state index contributed by atoms with van der Waals surface area (Å²) in [7, 11) is 1.30. The molecule has 0 N–H and O–H groups in total. The van der Waals surface area contributed by atoms with Gasteiger partial charge in [0.05, 0.1) is 24.3 Å². The summed E-state index contributed by atoms with van der Waals surface area (Å²) in [5.74, 6) is 0.251. The maximum atomic E-state index is 13.0. The van der Waals surface area contributed by atoms with Crippen LogP contribution < -0.4 is 14.4 Å². The van der Waals surface area contributed by atoms with Gasteiger partial charge in [0, 0.05) is 0 Å². The topological polar surface area (TPSA) is 65.1 Å². The SMILES string of the molecule is CCOc1cc(/C=C2/SC(=S)N(c3ccccc3C)C2=O)ccc1OCC(=O)OC. The molecule has 8 heteroatoms. The van der Waals surface area contributed by atoms with E-state index >= 15 is 0 Å². The maximum absolute atomic E-state index is 13.0. The van der Waals surface area contributed by atoms with E-state index in [2.05, 4.69) is 4.74 Å². The summed E-state index contributed by atoms with van der Waals surface area (Å²) in [6, 6.07) is 12.9. The number of thiocarbonyl (C=S) groups is 1. The molecule has 3 rings (SSSR count). The fourth-order valence-corrected chi connectivity index (χ4v) is 4.12. The molecule has 0 atom stereocenters. The highest BCUT2D eigenvalue weighted by molar-refractivity contribution is 8.27. The van der Waals surface area contributed by atoms with Crippen LogP contribution in [-0.4, -0.2) is 36.5 Å². The van der Waals surface area contributed by atoms with E-state index in [1.54, 1.807) is 29.2 Å². The molecule has 1 fully saturated rings. The number of rotatable bonds is 7. The average molecular weight is 444 g/mol. The smallest absolute Gasteiger partial charge is 0.343 e. The van der Waals surface area contributed by atoms with Crippen molar-refractivity contribution >= 4 is 51.9 Å². The Labute approximate surface area is 184 Å². The van der Waals surface area contributed by atoms with E-state index in [1.165, 1.54) is 18.9 Å². The number of benzene rings is 2. The Kier molecular flexibility index (Phi) is 7.12. The molecule has 0 saturated carbocycles. The molecule has 1 aliphatic heterocycles. The summed E-state index contributed by atoms with van der Waals surface area (Å²) in [6.07, 6.45) is 1.77. The zero-order valence-corrected chi connectivity index (χ0v) is 18.5. The Hall–Kier alpha value is -2.84. The Bertz CT molecular complexity index is 1020. The van der Waals surface area contributed by atoms with E-state index in [0.717, 1.165) is 16.8 Å². The van der Waals surface area contributed by atoms with Crippen molar-refractivity contribution in [3.05, 3.63) is 58.5 Å². The first-order valence-corrected chi connectivity index (χ1v) is 10.5. The lowest BCUT2D eigenvalue weighted by Gasteiger charge is -2.16. The van der Waals surface area contributed by atoms with E-state index in [9.17, 15) is 9.59 Å². The van der Waals surface area contributed by atoms with Gasteiger partial charge >= 0.3 is 5.97 Å². The van der Waals surface area contributed by atoms with Crippen LogP contribution in [0.25, 0.3) is 6.08 Å². The van der Waals surface area contributed by atoms with Crippen LogP contribution in [0.5, 0.6) is 11.5 Å². The quantitative estimate of drug-likeness (QED) is 0.358. The van der Waals surface area contributed by atoms with Crippen molar-refractivity contribution in [2.45, 2.75) is 13.8 Å². The third-order valence-electron chi connectivity index (χ3n) is 4.29. The van der Waals surface area contributed by atoms with E-state index < -0.39 is 5.97 Å². The van der Waals surface area contributed by atoms with Gasteiger partial charge in [-0.2, -0.15) is 0 Å². The molecule has 0 aliphatic carbocycles. The molecular formula is C22H21NO5S2. The Morgan fingerprint density at radius 2 is 1.93 bits per heavy atom. The van der Waals surface area contributed by atoms with Crippen molar-refractivity contribution in [3.8, 4) is 11.5 Å². The van der Waals surface area contributed by atoms with Crippen molar-refractivity contribution < 1.29 is 23.8 Å². The lowest BCUT2D eigenvalue weighted by molar-refractivity contribution is -0.142. The largest absolute Gasteiger partial charge is 0.490 e. The number of aryl methyl sites for hydroxylation is 1. The molecule has 0 spiro atoms. The monoisotopic (exact) mass is 443 g/mol. The second-order valence-corrected chi connectivity index (χ2v) is 7.98. The summed E-state index contributed by atoms with van der Waals surface area (Å²) in [5.41, 5.74) is 2.51. The van der Waals surface area contributed by atoms with Crippen LogP contribution >= 0.6 is 24.0 Å². The molecule has 1 aliphatic rings. The number of carbonyl (C=O) groups is 2. The summed E-state index contributed by atoms with van der Waals surface area (Å²) in [5, 5.41) is 0. The van der Waals surface area contributed by atoms with E-state index in [4.69, 9.17) is 21.7 Å². The first-order chi connectivity index (χ1) is 14.4. The standard InChI is InChI=1S/C22H21NO5S2/c1-4-27-18-11-15(9-10-17(18)28-13-20(24)26-3)12-19-21(25)23(22(29)30-19)16-8-6-5-7-14(16)2/h5-12H,4,13H2,1-3H3/b19-12+. The highest BCUT2D eigenvalue weighted by Crippen LogP contribution is 2.38. The highest BCUT2D eigenvalue weighted by Gasteiger charge is 2.34. The van der Waals surface area contributed by atoms with Crippen LogP contribution in [-0.2, 0) is 14.3 Å². The van der Waals surface area contributed by atoms with Gasteiger partial charge in [0.15, 0.2) is 22.4 Å². The molecule has 6 nitrogen and oxygen atoms in total. The minimum atomic E-state index is -0.485. The number of hydrogen-bond acceptors (Lipinski definition) is 7. The van der Waals surface area contributed by atoms with Gasteiger partial charge in [-0.3, -0.25) is 9.69 Å².